The van der Waals surface area contributed by atoms with E-state index in [1.807, 2.05) is 6.92 Å². The number of aromatic nitrogens is 2. The molecular weight excluding hydrogens is 310 g/mol. The van der Waals surface area contributed by atoms with E-state index in [0.717, 1.165) is 32.3 Å². The van der Waals surface area contributed by atoms with Crippen molar-refractivity contribution in [3.63, 3.8) is 0 Å². The van der Waals surface area contributed by atoms with Crippen LogP contribution in [0.25, 0.3) is 0 Å². The molecule has 0 bridgehead atoms. The number of hydrogen-bond acceptors (Lipinski definition) is 7. The van der Waals surface area contributed by atoms with Gasteiger partial charge in [0.25, 0.3) is 5.54 Å². The highest BCUT2D eigenvalue weighted by atomic mass is 16.6. The Morgan fingerprint density at radius 3 is 2.67 bits per heavy atom. The van der Waals surface area contributed by atoms with Crippen molar-refractivity contribution in [3.05, 3.63) is 34.4 Å². The molecule has 132 valence electrons. The van der Waals surface area contributed by atoms with E-state index in [9.17, 15) is 10.1 Å². The molecule has 1 N–H and O–H groups in total. The van der Waals surface area contributed by atoms with E-state index < -0.39 is 5.54 Å². The Morgan fingerprint density at radius 1 is 1.42 bits per heavy atom. The first kappa shape index (κ1) is 18.3. The molecule has 1 saturated carbocycles. The zero-order valence-electron chi connectivity index (χ0n) is 14.4. The predicted octanol–water partition coefficient (Wildman–Crippen LogP) is 2.17. The van der Waals surface area contributed by atoms with Crippen LogP contribution in [0.1, 0.15) is 52.1 Å². The van der Waals surface area contributed by atoms with Crippen LogP contribution in [0, 0.1) is 10.1 Å². The minimum Gasteiger partial charge on any atom is -0.379 e. The Labute approximate surface area is 141 Å². The lowest BCUT2D eigenvalue weighted by Crippen LogP contribution is -2.43. The first-order chi connectivity index (χ1) is 11.4. The summed E-state index contributed by atoms with van der Waals surface area (Å²) in [7, 11) is 0. The predicted molar refractivity (Wildman–Crippen MR) is 90.4 cm³/mol. The zero-order valence-corrected chi connectivity index (χ0v) is 14.4. The molecule has 1 aliphatic rings. The molecule has 0 amide bonds. The van der Waals surface area contributed by atoms with Crippen LogP contribution < -0.4 is 5.43 Å². The lowest BCUT2D eigenvalue weighted by Gasteiger charge is -2.28. The number of rotatable bonds is 7. The maximum absolute atomic E-state index is 11.4. The average molecular weight is 335 g/mol. The molecule has 1 aromatic rings. The summed E-state index contributed by atoms with van der Waals surface area (Å²) in [6.07, 6.45) is 8.66. The van der Waals surface area contributed by atoms with Gasteiger partial charge in [-0.3, -0.25) is 20.1 Å². The van der Waals surface area contributed by atoms with Crippen molar-refractivity contribution in [3.8, 4) is 0 Å². The molecule has 0 radical (unpaired) electrons. The number of ether oxygens (including phenoxy) is 1. The maximum atomic E-state index is 11.4. The molecule has 0 spiro atoms. The molecule has 1 aromatic heterocycles. The van der Waals surface area contributed by atoms with E-state index >= 15 is 0 Å². The van der Waals surface area contributed by atoms with Gasteiger partial charge in [0, 0.05) is 43.8 Å². The number of nitro groups is 1. The summed E-state index contributed by atoms with van der Waals surface area (Å²) in [6, 6.07) is 0.191. The van der Waals surface area contributed by atoms with Gasteiger partial charge < -0.3 is 10.2 Å². The normalized spacial score (nSPS) is 22.2. The minimum atomic E-state index is -1.36. The summed E-state index contributed by atoms with van der Waals surface area (Å²) in [5.41, 5.74) is 2.44. The molecule has 24 heavy (non-hydrogen) atoms. The summed E-state index contributed by atoms with van der Waals surface area (Å²) in [5.74, 6) is 0. The van der Waals surface area contributed by atoms with Crippen LogP contribution in [0.3, 0.4) is 0 Å². The summed E-state index contributed by atoms with van der Waals surface area (Å²) >= 11 is 0. The van der Waals surface area contributed by atoms with Crippen molar-refractivity contribution in [2.24, 2.45) is 5.10 Å². The fraction of sp³-hybridized carbons (Fsp3) is 0.688. The summed E-state index contributed by atoms with van der Waals surface area (Å²) in [6.45, 7) is 5.78. The van der Waals surface area contributed by atoms with Gasteiger partial charge in [-0.15, -0.1) is 0 Å². The second-order valence-electron chi connectivity index (χ2n) is 6.43. The molecule has 0 aromatic carbocycles. The van der Waals surface area contributed by atoms with Crippen molar-refractivity contribution < 1.29 is 9.66 Å². The lowest BCUT2D eigenvalue weighted by molar-refractivity contribution is -0.537. The van der Waals surface area contributed by atoms with E-state index in [0.29, 0.717) is 11.8 Å². The van der Waals surface area contributed by atoms with Crippen LogP contribution in [0.4, 0.5) is 0 Å². The summed E-state index contributed by atoms with van der Waals surface area (Å²) in [4.78, 5) is 19.2. The summed E-state index contributed by atoms with van der Waals surface area (Å²) in [5, 5.41) is 15.8. The standard InChI is InChI=1S/C16H25N5O3/c1-4-24-13-7-5-12(6-8-13)19-20-15(16(2,3)21(22)23)14-11-17-9-10-18-14/h9-13,19H,4-8H2,1-3H3/b20-15-/t12-,13-. The van der Waals surface area contributed by atoms with E-state index in [1.54, 1.807) is 0 Å². The molecule has 0 unspecified atom stereocenters. The fourth-order valence-corrected chi connectivity index (χ4v) is 2.77. The largest absolute Gasteiger partial charge is 0.379 e. The fourth-order valence-electron chi connectivity index (χ4n) is 2.77. The highest BCUT2D eigenvalue weighted by Crippen LogP contribution is 2.22. The lowest BCUT2D eigenvalue weighted by atomic mass is 9.93. The van der Waals surface area contributed by atoms with Crippen molar-refractivity contribution >= 4 is 5.71 Å². The van der Waals surface area contributed by atoms with Gasteiger partial charge in [-0.1, -0.05) is 0 Å². The third-order valence-electron chi connectivity index (χ3n) is 4.28. The quantitative estimate of drug-likeness (QED) is 0.465. The monoisotopic (exact) mass is 335 g/mol. The van der Waals surface area contributed by atoms with E-state index in [2.05, 4.69) is 20.5 Å². The van der Waals surface area contributed by atoms with E-state index in [1.165, 1.54) is 32.4 Å². The zero-order chi connectivity index (χ0) is 17.6. The number of hydrazone groups is 1. The molecule has 1 heterocycles. The first-order valence-corrected chi connectivity index (χ1v) is 8.31. The first-order valence-electron chi connectivity index (χ1n) is 8.31. The third kappa shape index (κ3) is 4.47. The highest BCUT2D eigenvalue weighted by Gasteiger charge is 2.40. The number of hydrogen-bond donors (Lipinski definition) is 1. The molecule has 8 nitrogen and oxygen atoms in total. The molecule has 1 aliphatic carbocycles. The molecule has 1 fully saturated rings. The van der Waals surface area contributed by atoms with Gasteiger partial charge in [-0.05, 0) is 32.6 Å². The number of nitrogens with zero attached hydrogens (tertiary/aromatic N) is 4. The van der Waals surface area contributed by atoms with Crippen LogP contribution >= 0.6 is 0 Å². The van der Waals surface area contributed by atoms with Gasteiger partial charge in [-0.2, -0.15) is 5.10 Å². The van der Waals surface area contributed by atoms with Crippen LogP contribution in [0.2, 0.25) is 0 Å². The highest BCUT2D eigenvalue weighted by molar-refractivity contribution is 6.04. The van der Waals surface area contributed by atoms with Gasteiger partial charge in [-0.25, -0.2) is 0 Å². The second-order valence-corrected chi connectivity index (χ2v) is 6.43. The Balaban J connectivity index is 2.11. The molecule has 8 heteroatoms. The van der Waals surface area contributed by atoms with Crippen LogP contribution in [0.5, 0.6) is 0 Å². The Bertz CT molecular complexity index is 568. The molecule has 0 saturated heterocycles. The molecule has 2 rings (SSSR count). The summed E-state index contributed by atoms with van der Waals surface area (Å²) < 4.78 is 5.64. The molecule has 0 atom stereocenters. The second kappa shape index (κ2) is 8.14. The smallest absolute Gasteiger partial charge is 0.262 e. The van der Waals surface area contributed by atoms with Gasteiger partial charge in [0.1, 0.15) is 5.69 Å². The number of nitrogens with one attached hydrogen (secondary N) is 1. The van der Waals surface area contributed by atoms with Crippen molar-refractivity contribution in [1.29, 1.82) is 0 Å². The third-order valence-corrected chi connectivity index (χ3v) is 4.28. The van der Waals surface area contributed by atoms with Gasteiger partial charge >= 0.3 is 0 Å². The SMILES string of the molecule is CCO[C@H]1CC[C@H](N/N=C(/c2cnccn2)C(C)(C)[N+](=O)[O-])CC1. The van der Waals surface area contributed by atoms with Crippen molar-refractivity contribution in [2.75, 3.05) is 6.61 Å². The van der Waals surface area contributed by atoms with Crippen molar-refractivity contribution in [2.45, 2.75) is 64.1 Å². The molecule has 0 aliphatic heterocycles. The molecular formula is C16H25N5O3. The average Bonchev–Trinajstić information content (AvgIpc) is 2.57. The Kier molecular flexibility index (Phi) is 6.19. The topological polar surface area (TPSA) is 103 Å². The van der Waals surface area contributed by atoms with Gasteiger partial charge in [0.2, 0.25) is 0 Å². The maximum Gasteiger partial charge on any atom is 0.262 e. The van der Waals surface area contributed by atoms with Gasteiger partial charge in [0.15, 0.2) is 5.71 Å². The minimum absolute atomic E-state index is 0.191. The van der Waals surface area contributed by atoms with Crippen LogP contribution in [0.15, 0.2) is 23.7 Å². The Hall–Kier alpha value is -2.09. The van der Waals surface area contributed by atoms with Crippen molar-refractivity contribution in [1.82, 2.24) is 15.4 Å². The van der Waals surface area contributed by atoms with Crippen LogP contribution in [-0.2, 0) is 4.74 Å². The van der Waals surface area contributed by atoms with Crippen LogP contribution in [-0.4, -0.2) is 44.9 Å². The van der Waals surface area contributed by atoms with Gasteiger partial charge in [0.05, 0.1) is 12.3 Å². The van der Waals surface area contributed by atoms with E-state index in [-0.39, 0.29) is 16.7 Å². The Morgan fingerprint density at radius 2 is 2.12 bits per heavy atom. The van der Waals surface area contributed by atoms with E-state index in [4.69, 9.17) is 4.74 Å².